The lowest BCUT2D eigenvalue weighted by atomic mass is 9.96. The van der Waals surface area contributed by atoms with Gasteiger partial charge in [-0.05, 0) is 94.7 Å². The number of carbonyl (C=O) groups is 1. The van der Waals surface area contributed by atoms with E-state index in [1.165, 1.54) is 32.9 Å². The number of carbonyl (C=O) groups excluding carboxylic acids is 1. The number of hydrogen-bond donors (Lipinski definition) is 1. The highest BCUT2D eigenvalue weighted by Crippen LogP contribution is 2.38. The third-order valence-corrected chi connectivity index (χ3v) is 7.71. The molecule has 1 aliphatic carbocycles. The second-order valence-electron chi connectivity index (χ2n) is 9.06. The number of amides is 1. The van der Waals surface area contributed by atoms with E-state index in [0.29, 0.717) is 10.6 Å². The molecule has 1 N–H and O–H groups in total. The van der Waals surface area contributed by atoms with Crippen LogP contribution >= 0.6 is 11.3 Å². The number of nitriles is 2. The van der Waals surface area contributed by atoms with Crippen LogP contribution < -0.4 is 5.32 Å². The topological polar surface area (TPSA) is 81.6 Å². The second kappa shape index (κ2) is 9.33. The molecule has 3 aromatic rings. The normalized spacial score (nSPS) is 13.2. The lowest BCUT2D eigenvalue weighted by molar-refractivity contribution is -0.112. The molecule has 4 rings (SSSR count). The van der Waals surface area contributed by atoms with Gasteiger partial charge in [0.1, 0.15) is 22.7 Å². The van der Waals surface area contributed by atoms with Crippen LogP contribution in [-0.2, 0) is 17.6 Å². The zero-order valence-corrected chi connectivity index (χ0v) is 21.1. The quantitative estimate of drug-likeness (QED) is 0.356. The molecule has 0 saturated heterocycles. The van der Waals surface area contributed by atoms with Crippen LogP contribution in [0.3, 0.4) is 0 Å². The Morgan fingerprint density at radius 3 is 2.38 bits per heavy atom. The highest BCUT2D eigenvalue weighted by atomic mass is 32.1. The van der Waals surface area contributed by atoms with Crippen molar-refractivity contribution in [2.24, 2.45) is 0 Å². The number of aromatic nitrogens is 1. The van der Waals surface area contributed by atoms with E-state index in [0.717, 1.165) is 53.9 Å². The zero-order valence-electron chi connectivity index (χ0n) is 20.3. The summed E-state index contributed by atoms with van der Waals surface area (Å²) in [7, 11) is 0. The van der Waals surface area contributed by atoms with Crippen LogP contribution in [0, 0.1) is 57.3 Å². The van der Waals surface area contributed by atoms with Crippen LogP contribution in [0.1, 0.15) is 62.5 Å². The molecule has 1 amide bonds. The van der Waals surface area contributed by atoms with Gasteiger partial charge in [-0.15, -0.1) is 11.3 Å². The van der Waals surface area contributed by atoms with E-state index in [2.05, 4.69) is 54.9 Å². The van der Waals surface area contributed by atoms with Gasteiger partial charge in [-0.1, -0.05) is 17.7 Å². The number of rotatable bonds is 4. The number of fused-ring (bicyclic) bond motifs is 1. The highest BCUT2D eigenvalue weighted by Gasteiger charge is 2.23. The Morgan fingerprint density at radius 2 is 1.74 bits per heavy atom. The molecule has 1 aromatic carbocycles. The van der Waals surface area contributed by atoms with Crippen LogP contribution in [0.4, 0.5) is 5.00 Å². The van der Waals surface area contributed by atoms with E-state index in [1.54, 1.807) is 6.08 Å². The van der Waals surface area contributed by atoms with E-state index in [1.807, 2.05) is 19.9 Å². The summed E-state index contributed by atoms with van der Waals surface area (Å²) < 4.78 is 2.18. The van der Waals surface area contributed by atoms with Crippen LogP contribution in [-0.4, -0.2) is 10.5 Å². The first-order chi connectivity index (χ1) is 16.2. The average Bonchev–Trinajstić information content (AvgIpc) is 3.27. The molecule has 0 unspecified atom stereocenters. The first kappa shape index (κ1) is 23.5. The molecule has 1 aliphatic rings. The summed E-state index contributed by atoms with van der Waals surface area (Å²) in [5.41, 5.74) is 9.17. The number of hydrogen-bond acceptors (Lipinski definition) is 4. The Hall–Kier alpha value is -3.61. The Kier molecular flexibility index (Phi) is 6.46. The Bertz CT molecular complexity index is 1400. The maximum absolute atomic E-state index is 13.0. The molecular formula is C28H28N4OS. The monoisotopic (exact) mass is 468 g/mol. The molecule has 0 bridgehead atoms. The fourth-order valence-corrected chi connectivity index (χ4v) is 6.28. The molecular weight excluding hydrogens is 440 g/mol. The van der Waals surface area contributed by atoms with Gasteiger partial charge in [0.25, 0.3) is 5.91 Å². The molecule has 0 aliphatic heterocycles. The lowest BCUT2D eigenvalue weighted by Gasteiger charge is -2.17. The van der Waals surface area contributed by atoms with Crippen molar-refractivity contribution < 1.29 is 4.79 Å². The van der Waals surface area contributed by atoms with Crippen molar-refractivity contribution in [3.8, 4) is 17.8 Å². The number of benzene rings is 1. The van der Waals surface area contributed by atoms with Crippen molar-refractivity contribution in [3.05, 3.63) is 73.4 Å². The van der Waals surface area contributed by atoms with Gasteiger partial charge in [0.2, 0.25) is 0 Å². The number of aryl methyl sites for hydroxylation is 5. The molecule has 0 radical (unpaired) electrons. The van der Waals surface area contributed by atoms with E-state index in [-0.39, 0.29) is 5.57 Å². The van der Waals surface area contributed by atoms with Gasteiger partial charge in [0.15, 0.2) is 0 Å². The molecule has 0 fully saturated rings. The molecule has 2 aromatic heterocycles. The summed E-state index contributed by atoms with van der Waals surface area (Å²) in [5, 5.41) is 22.8. The van der Waals surface area contributed by atoms with E-state index >= 15 is 0 Å². The van der Waals surface area contributed by atoms with E-state index in [4.69, 9.17) is 0 Å². The fourth-order valence-electron chi connectivity index (χ4n) is 5.05. The molecule has 6 heteroatoms. The zero-order chi connectivity index (χ0) is 24.6. The number of nitrogens with one attached hydrogen (secondary N) is 1. The SMILES string of the molecule is Cc1cc(C)c(-n2c(C)cc(C=C(C#N)C(=O)Nc3sc4c(c3C#N)CCCC4)c2C)c(C)c1. The van der Waals surface area contributed by atoms with Crippen molar-refractivity contribution in [3.63, 3.8) is 0 Å². The summed E-state index contributed by atoms with van der Waals surface area (Å²) in [6.07, 6.45) is 5.62. The second-order valence-corrected chi connectivity index (χ2v) is 10.2. The van der Waals surface area contributed by atoms with E-state index in [9.17, 15) is 15.3 Å². The van der Waals surface area contributed by atoms with Gasteiger partial charge in [-0.3, -0.25) is 4.79 Å². The average molecular weight is 469 g/mol. The summed E-state index contributed by atoms with van der Waals surface area (Å²) in [6, 6.07) is 10.6. The summed E-state index contributed by atoms with van der Waals surface area (Å²) in [5.74, 6) is -0.481. The minimum Gasteiger partial charge on any atom is -0.317 e. The van der Waals surface area contributed by atoms with Gasteiger partial charge in [-0.2, -0.15) is 10.5 Å². The van der Waals surface area contributed by atoms with Gasteiger partial charge < -0.3 is 9.88 Å². The van der Waals surface area contributed by atoms with Crippen molar-refractivity contribution in [1.29, 1.82) is 10.5 Å². The van der Waals surface area contributed by atoms with Crippen molar-refractivity contribution in [2.45, 2.75) is 60.3 Å². The van der Waals surface area contributed by atoms with Crippen LogP contribution in [0.15, 0.2) is 23.8 Å². The van der Waals surface area contributed by atoms with Crippen LogP contribution in [0.5, 0.6) is 0 Å². The standard InChI is InChI=1S/C28H28N4OS/c1-16-10-17(2)26(18(3)11-16)32-19(4)12-21(20(32)5)13-22(14-29)27(33)31-28-24(15-30)23-8-6-7-9-25(23)34-28/h10-13H,6-9H2,1-5H3,(H,31,33). The van der Waals surface area contributed by atoms with Gasteiger partial charge >= 0.3 is 0 Å². The maximum atomic E-state index is 13.0. The Labute approximate surface area is 205 Å². The highest BCUT2D eigenvalue weighted by molar-refractivity contribution is 7.16. The van der Waals surface area contributed by atoms with Gasteiger partial charge in [0.05, 0.1) is 11.3 Å². The maximum Gasteiger partial charge on any atom is 0.266 e. The van der Waals surface area contributed by atoms with E-state index < -0.39 is 5.91 Å². The largest absolute Gasteiger partial charge is 0.317 e. The van der Waals surface area contributed by atoms with Crippen molar-refractivity contribution >= 4 is 28.3 Å². The third-order valence-electron chi connectivity index (χ3n) is 6.50. The summed E-state index contributed by atoms with van der Waals surface area (Å²) >= 11 is 1.47. The third kappa shape index (κ3) is 4.18. The van der Waals surface area contributed by atoms with Crippen LogP contribution in [0.25, 0.3) is 11.8 Å². The molecule has 34 heavy (non-hydrogen) atoms. The smallest absolute Gasteiger partial charge is 0.266 e. The molecule has 0 spiro atoms. The van der Waals surface area contributed by atoms with Crippen LogP contribution in [0.2, 0.25) is 0 Å². The number of anilines is 1. The predicted molar refractivity (Wildman–Crippen MR) is 137 cm³/mol. The van der Waals surface area contributed by atoms with Gasteiger partial charge in [0, 0.05) is 16.3 Å². The van der Waals surface area contributed by atoms with Gasteiger partial charge in [-0.25, -0.2) is 0 Å². The first-order valence-corrected chi connectivity index (χ1v) is 12.3. The molecule has 0 atom stereocenters. The minimum atomic E-state index is -0.481. The van der Waals surface area contributed by atoms with Crippen molar-refractivity contribution in [1.82, 2.24) is 4.57 Å². The summed E-state index contributed by atoms with van der Waals surface area (Å²) in [6.45, 7) is 10.3. The molecule has 172 valence electrons. The predicted octanol–water partition coefficient (Wildman–Crippen LogP) is 6.38. The minimum absolute atomic E-state index is 0.0212. The molecule has 2 heterocycles. The fraction of sp³-hybridized carbons (Fsp3) is 0.321. The first-order valence-electron chi connectivity index (χ1n) is 11.5. The molecule has 0 saturated carbocycles. The number of thiophene rings is 1. The van der Waals surface area contributed by atoms with Crippen molar-refractivity contribution in [2.75, 3.05) is 5.32 Å². The Morgan fingerprint density at radius 1 is 1.06 bits per heavy atom. The summed E-state index contributed by atoms with van der Waals surface area (Å²) in [4.78, 5) is 14.2. The molecule has 5 nitrogen and oxygen atoms in total. The number of nitrogens with zero attached hydrogens (tertiary/aromatic N) is 3. The Balaban J connectivity index is 1.69. The lowest BCUT2D eigenvalue weighted by Crippen LogP contribution is -2.13.